The van der Waals surface area contributed by atoms with Crippen molar-refractivity contribution in [1.29, 1.82) is 0 Å². The van der Waals surface area contributed by atoms with Crippen molar-refractivity contribution < 1.29 is 14.3 Å². The molecule has 0 unspecified atom stereocenters. The second kappa shape index (κ2) is 8.79. The second-order valence-corrected chi connectivity index (χ2v) is 7.57. The first-order chi connectivity index (χ1) is 14.6. The number of anilines is 1. The number of aromatic amines is 1. The standard InChI is InChI=1S/C22H20N4O3S/c1-29-16-8-7-15-12-19(24-17(15)13-16)20(27)25-18(11-14-5-3-2-4-6-14)21(28)26-22-23-9-10-30-22/h2-10,12-13,18,24H,11H2,1H3,(H,25,27)(H,23,26,28)/t18-/m0/s1. The third kappa shape index (κ3) is 4.49. The van der Waals surface area contributed by atoms with Gasteiger partial charge in [-0.05, 0) is 23.8 Å². The van der Waals surface area contributed by atoms with Crippen molar-refractivity contribution in [3.63, 3.8) is 0 Å². The molecule has 152 valence electrons. The van der Waals surface area contributed by atoms with Crippen LogP contribution in [0.1, 0.15) is 16.1 Å². The third-order valence-electron chi connectivity index (χ3n) is 4.64. The molecule has 0 aliphatic heterocycles. The van der Waals surface area contributed by atoms with Crippen LogP contribution in [-0.4, -0.2) is 34.9 Å². The summed E-state index contributed by atoms with van der Waals surface area (Å²) in [6.07, 6.45) is 1.97. The number of nitrogens with one attached hydrogen (secondary N) is 3. The van der Waals surface area contributed by atoms with E-state index in [2.05, 4.69) is 20.6 Å². The molecule has 0 fully saturated rings. The van der Waals surface area contributed by atoms with Gasteiger partial charge in [0.05, 0.1) is 7.11 Å². The summed E-state index contributed by atoms with van der Waals surface area (Å²) in [5, 5.41) is 8.76. The van der Waals surface area contributed by atoms with E-state index in [1.165, 1.54) is 11.3 Å². The summed E-state index contributed by atoms with van der Waals surface area (Å²) in [4.78, 5) is 32.9. The quantitative estimate of drug-likeness (QED) is 0.426. The molecule has 1 atom stereocenters. The van der Waals surface area contributed by atoms with E-state index in [9.17, 15) is 9.59 Å². The zero-order valence-corrected chi connectivity index (χ0v) is 17.0. The van der Waals surface area contributed by atoms with Gasteiger partial charge in [-0.2, -0.15) is 0 Å². The summed E-state index contributed by atoms with van der Waals surface area (Å²) in [5.74, 6) is 0.0152. The predicted octanol–water partition coefficient (Wildman–Crippen LogP) is 3.61. The smallest absolute Gasteiger partial charge is 0.268 e. The van der Waals surface area contributed by atoms with Gasteiger partial charge in [0.1, 0.15) is 17.5 Å². The number of aromatic nitrogens is 2. The highest BCUT2D eigenvalue weighted by molar-refractivity contribution is 7.13. The Balaban J connectivity index is 1.55. The van der Waals surface area contributed by atoms with Crippen LogP contribution in [0.4, 0.5) is 5.13 Å². The molecule has 2 heterocycles. The van der Waals surface area contributed by atoms with E-state index in [1.807, 2.05) is 48.5 Å². The number of carbonyl (C=O) groups is 2. The largest absolute Gasteiger partial charge is 0.497 e. The predicted molar refractivity (Wildman–Crippen MR) is 117 cm³/mol. The van der Waals surface area contributed by atoms with Crippen LogP contribution in [-0.2, 0) is 11.2 Å². The number of nitrogens with zero attached hydrogens (tertiary/aromatic N) is 1. The van der Waals surface area contributed by atoms with Gasteiger partial charge in [-0.15, -0.1) is 11.3 Å². The maximum Gasteiger partial charge on any atom is 0.268 e. The highest BCUT2D eigenvalue weighted by Crippen LogP contribution is 2.21. The summed E-state index contributed by atoms with van der Waals surface area (Å²) in [6, 6.07) is 16.1. The summed E-state index contributed by atoms with van der Waals surface area (Å²) < 4.78 is 5.23. The minimum absolute atomic E-state index is 0.320. The third-order valence-corrected chi connectivity index (χ3v) is 5.33. The number of benzene rings is 2. The molecule has 3 N–H and O–H groups in total. The van der Waals surface area contributed by atoms with E-state index in [0.29, 0.717) is 23.0 Å². The number of ether oxygens (including phenoxy) is 1. The lowest BCUT2D eigenvalue weighted by atomic mass is 10.1. The van der Waals surface area contributed by atoms with Crippen LogP contribution in [0.3, 0.4) is 0 Å². The van der Waals surface area contributed by atoms with Crippen molar-refractivity contribution in [2.75, 3.05) is 12.4 Å². The van der Waals surface area contributed by atoms with Crippen molar-refractivity contribution in [3.8, 4) is 5.75 Å². The molecular formula is C22H20N4O3S. The van der Waals surface area contributed by atoms with Gasteiger partial charge in [-0.3, -0.25) is 9.59 Å². The summed E-state index contributed by atoms with van der Waals surface area (Å²) in [6.45, 7) is 0. The molecule has 30 heavy (non-hydrogen) atoms. The molecule has 0 saturated heterocycles. The Labute approximate surface area is 177 Å². The number of hydrogen-bond donors (Lipinski definition) is 3. The highest BCUT2D eigenvalue weighted by Gasteiger charge is 2.23. The van der Waals surface area contributed by atoms with E-state index in [1.54, 1.807) is 24.8 Å². The van der Waals surface area contributed by atoms with E-state index in [-0.39, 0.29) is 11.8 Å². The SMILES string of the molecule is COc1ccc2cc(C(=O)N[C@@H](Cc3ccccc3)C(=O)Nc3nccs3)[nH]c2c1. The number of methoxy groups -OCH3 is 1. The van der Waals surface area contributed by atoms with Gasteiger partial charge in [0, 0.05) is 35.0 Å². The number of H-pyrrole nitrogens is 1. The average Bonchev–Trinajstić information content (AvgIpc) is 3.43. The Kier molecular flexibility index (Phi) is 5.76. The van der Waals surface area contributed by atoms with Crippen LogP contribution in [0.25, 0.3) is 10.9 Å². The maximum absolute atomic E-state index is 12.9. The lowest BCUT2D eigenvalue weighted by Crippen LogP contribution is -2.45. The molecule has 0 bridgehead atoms. The Morgan fingerprint density at radius 1 is 1.17 bits per heavy atom. The number of hydrogen-bond acceptors (Lipinski definition) is 5. The fourth-order valence-corrected chi connectivity index (χ4v) is 3.66. The number of amides is 2. The number of rotatable bonds is 7. The van der Waals surface area contributed by atoms with E-state index >= 15 is 0 Å². The molecule has 4 aromatic rings. The molecule has 0 aliphatic carbocycles. The van der Waals surface area contributed by atoms with Gasteiger partial charge in [0.25, 0.3) is 5.91 Å². The maximum atomic E-state index is 12.9. The first kappa shape index (κ1) is 19.7. The summed E-state index contributed by atoms with van der Waals surface area (Å²) in [5.41, 5.74) is 2.10. The first-order valence-electron chi connectivity index (χ1n) is 9.34. The molecule has 0 saturated carbocycles. The van der Waals surface area contributed by atoms with Crippen molar-refractivity contribution >= 4 is 39.2 Å². The molecule has 0 radical (unpaired) electrons. The molecular weight excluding hydrogens is 400 g/mol. The van der Waals surface area contributed by atoms with Crippen molar-refractivity contribution in [3.05, 3.63) is 77.4 Å². The number of fused-ring (bicyclic) bond motifs is 1. The number of carbonyl (C=O) groups excluding carboxylic acids is 2. The molecule has 4 rings (SSSR count). The van der Waals surface area contributed by atoms with Crippen LogP contribution >= 0.6 is 11.3 Å². The fraction of sp³-hybridized carbons (Fsp3) is 0.136. The van der Waals surface area contributed by atoms with Crippen LogP contribution in [0, 0.1) is 0 Å². The second-order valence-electron chi connectivity index (χ2n) is 6.68. The molecule has 0 spiro atoms. The summed E-state index contributed by atoms with van der Waals surface area (Å²) in [7, 11) is 1.59. The summed E-state index contributed by atoms with van der Waals surface area (Å²) >= 11 is 1.32. The molecule has 2 amide bonds. The normalized spacial score (nSPS) is 11.8. The van der Waals surface area contributed by atoms with Crippen LogP contribution in [0.15, 0.2) is 66.2 Å². The molecule has 2 aromatic heterocycles. The molecule has 0 aliphatic rings. The fourth-order valence-electron chi connectivity index (χ4n) is 3.13. The van der Waals surface area contributed by atoms with E-state index < -0.39 is 6.04 Å². The van der Waals surface area contributed by atoms with Gasteiger partial charge < -0.3 is 20.4 Å². The van der Waals surface area contributed by atoms with Gasteiger partial charge >= 0.3 is 0 Å². The van der Waals surface area contributed by atoms with Gasteiger partial charge in [-0.25, -0.2) is 4.98 Å². The molecule has 7 nitrogen and oxygen atoms in total. The monoisotopic (exact) mass is 420 g/mol. The van der Waals surface area contributed by atoms with Crippen molar-refractivity contribution in [2.24, 2.45) is 0 Å². The molecule has 2 aromatic carbocycles. The van der Waals surface area contributed by atoms with Crippen molar-refractivity contribution in [1.82, 2.24) is 15.3 Å². The molecule has 8 heteroatoms. The zero-order valence-electron chi connectivity index (χ0n) is 16.2. The lowest BCUT2D eigenvalue weighted by Gasteiger charge is -2.17. The highest BCUT2D eigenvalue weighted by atomic mass is 32.1. The average molecular weight is 420 g/mol. The number of thiazole rings is 1. The van der Waals surface area contributed by atoms with Crippen molar-refractivity contribution in [2.45, 2.75) is 12.5 Å². The van der Waals surface area contributed by atoms with E-state index in [0.717, 1.165) is 16.5 Å². The Hall–Kier alpha value is -3.65. The topological polar surface area (TPSA) is 96.1 Å². The van der Waals surface area contributed by atoms with Crippen LogP contribution < -0.4 is 15.4 Å². The Bertz CT molecular complexity index is 1160. The van der Waals surface area contributed by atoms with Gasteiger partial charge in [0.15, 0.2) is 5.13 Å². The lowest BCUT2D eigenvalue weighted by molar-refractivity contribution is -0.118. The van der Waals surface area contributed by atoms with Crippen LogP contribution in [0.5, 0.6) is 5.75 Å². The van der Waals surface area contributed by atoms with E-state index in [4.69, 9.17) is 4.74 Å². The van der Waals surface area contributed by atoms with Gasteiger partial charge in [0.2, 0.25) is 5.91 Å². The Morgan fingerprint density at radius 2 is 2.00 bits per heavy atom. The van der Waals surface area contributed by atoms with Gasteiger partial charge in [-0.1, -0.05) is 30.3 Å². The van der Waals surface area contributed by atoms with Crippen LogP contribution in [0.2, 0.25) is 0 Å². The minimum atomic E-state index is -0.759. The Morgan fingerprint density at radius 3 is 2.73 bits per heavy atom. The first-order valence-corrected chi connectivity index (χ1v) is 10.2. The minimum Gasteiger partial charge on any atom is -0.497 e. The zero-order chi connectivity index (χ0) is 20.9.